The quantitative estimate of drug-likeness (QED) is 0.872. The highest BCUT2D eigenvalue weighted by Gasteiger charge is 2.26. The first-order valence-electron chi connectivity index (χ1n) is 7.42. The van der Waals surface area contributed by atoms with Crippen molar-refractivity contribution in [2.75, 3.05) is 11.9 Å². The Morgan fingerprint density at radius 1 is 1.25 bits per heavy atom. The highest BCUT2D eigenvalue weighted by molar-refractivity contribution is 6.32. The number of rotatable bonds is 3. The molecular formula is C18H15ClN2O3. The predicted octanol–water partition coefficient (Wildman–Crippen LogP) is 3.06. The smallest absolute Gasteiger partial charge is 0.302 e. The number of anilines is 1. The number of halogens is 1. The Balaban J connectivity index is 2.10. The molecule has 1 amide bonds. The van der Waals surface area contributed by atoms with Crippen molar-refractivity contribution in [2.45, 2.75) is 13.0 Å². The van der Waals surface area contributed by atoms with Crippen LogP contribution in [-0.4, -0.2) is 30.2 Å². The number of fused-ring (bicyclic) bond motifs is 1. The normalized spacial score (nSPS) is 16.5. The van der Waals surface area contributed by atoms with Crippen molar-refractivity contribution in [3.05, 3.63) is 64.7 Å². The van der Waals surface area contributed by atoms with Crippen LogP contribution in [-0.2, 0) is 14.3 Å². The first kappa shape index (κ1) is 16.2. The summed E-state index contributed by atoms with van der Waals surface area (Å²) >= 11 is 6.12. The number of carbonyl (C=O) groups excluding carboxylic acids is 2. The second-order valence-electron chi connectivity index (χ2n) is 5.34. The second-order valence-corrected chi connectivity index (χ2v) is 5.78. The Bertz CT molecular complexity index is 818. The molecule has 0 spiro atoms. The maximum absolute atomic E-state index is 12.4. The number of hydrogen-bond donors (Lipinski definition) is 1. The van der Waals surface area contributed by atoms with Crippen LogP contribution < -0.4 is 5.32 Å². The fourth-order valence-electron chi connectivity index (χ4n) is 2.46. The van der Waals surface area contributed by atoms with Crippen LogP contribution in [0.4, 0.5) is 5.69 Å². The van der Waals surface area contributed by atoms with Gasteiger partial charge in [0, 0.05) is 23.1 Å². The minimum atomic E-state index is -0.824. The third-order valence-corrected chi connectivity index (χ3v) is 3.81. The van der Waals surface area contributed by atoms with Gasteiger partial charge in [-0.1, -0.05) is 41.9 Å². The third-order valence-electron chi connectivity index (χ3n) is 3.57. The number of ether oxygens (including phenoxy) is 1. The van der Waals surface area contributed by atoms with Crippen LogP contribution in [0.1, 0.15) is 18.1 Å². The van der Waals surface area contributed by atoms with Crippen LogP contribution >= 0.6 is 11.6 Å². The van der Waals surface area contributed by atoms with Crippen molar-refractivity contribution in [2.24, 2.45) is 4.99 Å². The molecule has 122 valence electrons. The topological polar surface area (TPSA) is 67.8 Å². The Labute approximate surface area is 144 Å². The van der Waals surface area contributed by atoms with Crippen LogP contribution in [0.5, 0.6) is 0 Å². The van der Waals surface area contributed by atoms with E-state index >= 15 is 0 Å². The summed E-state index contributed by atoms with van der Waals surface area (Å²) in [5.74, 6) is -0.783. The second kappa shape index (κ2) is 6.84. The number of esters is 1. The standard InChI is InChI=1S/C18H15ClN2O3/c1-11(22)24-10-16-18(23)21-15-8-7-13(19)9-14(15)17(20-16)12-5-3-2-4-6-12/h2-9,16H,10H2,1H3,(H,21,23). The maximum atomic E-state index is 12.4. The van der Waals surface area contributed by atoms with Gasteiger partial charge in [0.15, 0.2) is 6.04 Å². The molecule has 1 heterocycles. The van der Waals surface area contributed by atoms with Crippen molar-refractivity contribution in [1.82, 2.24) is 0 Å². The zero-order chi connectivity index (χ0) is 17.1. The molecule has 5 nitrogen and oxygen atoms in total. The van der Waals surface area contributed by atoms with Gasteiger partial charge in [0.1, 0.15) is 6.61 Å². The molecule has 0 aromatic heterocycles. The predicted molar refractivity (Wildman–Crippen MR) is 92.6 cm³/mol. The van der Waals surface area contributed by atoms with Gasteiger partial charge in [0.25, 0.3) is 5.91 Å². The Hall–Kier alpha value is -2.66. The molecule has 1 N–H and O–H groups in total. The largest absolute Gasteiger partial charge is 0.463 e. The van der Waals surface area contributed by atoms with E-state index in [1.807, 2.05) is 30.3 Å². The molecule has 1 unspecified atom stereocenters. The molecular weight excluding hydrogens is 328 g/mol. The van der Waals surface area contributed by atoms with E-state index in [0.717, 1.165) is 11.1 Å². The van der Waals surface area contributed by atoms with E-state index < -0.39 is 12.0 Å². The van der Waals surface area contributed by atoms with Gasteiger partial charge in [-0.3, -0.25) is 14.6 Å². The zero-order valence-corrected chi connectivity index (χ0v) is 13.7. The molecule has 0 aliphatic carbocycles. The van der Waals surface area contributed by atoms with Crippen molar-refractivity contribution < 1.29 is 14.3 Å². The summed E-state index contributed by atoms with van der Waals surface area (Å²) < 4.78 is 4.98. The summed E-state index contributed by atoms with van der Waals surface area (Å²) in [5, 5.41) is 3.37. The summed E-state index contributed by atoms with van der Waals surface area (Å²) in [6.07, 6.45) is 0. The van der Waals surface area contributed by atoms with Gasteiger partial charge in [0.2, 0.25) is 0 Å². The van der Waals surface area contributed by atoms with Crippen LogP contribution in [0.2, 0.25) is 5.02 Å². The number of nitrogens with one attached hydrogen (secondary N) is 1. The molecule has 1 aliphatic heterocycles. The molecule has 0 saturated heterocycles. The number of carbonyl (C=O) groups is 2. The zero-order valence-electron chi connectivity index (χ0n) is 13.0. The van der Waals surface area contributed by atoms with Crippen LogP contribution in [0.15, 0.2) is 53.5 Å². The number of benzene rings is 2. The van der Waals surface area contributed by atoms with Gasteiger partial charge in [-0.05, 0) is 18.2 Å². The summed E-state index contributed by atoms with van der Waals surface area (Å²) in [7, 11) is 0. The molecule has 1 aliphatic rings. The lowest BCUT2D eigenvalue weighted by Gasteiger charge is -2.10. The molecule has 0 radical (unpaired) electrons. The van der Waals surface area contributed by atoms with Gasteiger partial charge >= 0.3 is 5.97 Å². The lowest BCUT2D eigenvalue weighted by molar-refractivity contribution is -0.142. The van der Waals surface area contributed by atoms with Gasteiger partial charge < -0.3 is 10.1 Å². The molecule has 6 heteroatoms. The van der Waals surface area contributed by atoms with E-state index in [-0.39, 0.29) is 12.5 Å². The first-order valence-corrected chi connectivity index (χ1v) is 7.80. The average Bonchev–Trinajstić information content (AvgIpc) is 2.70. The molecule has 0 fully saturated rings. The van der Waals surface area contributed by atoms with Gasteiger partial charge in [-0.25, -0.2) is 0 Å². The number of benzodiazepines with no additional fused rings is 1. The molecule has 24 heavy (non-hydrogen) atoms. The van der Waals surface area contributed by atoms with E-state index in [1.165, 1.54) is 6.92 Å². The van der Waals surface area contributed by atoms with Crippen molar-refractivity contribution in [3.63, 3.8) is 0 Å². The first-order chi connectivity index (χ1) is 11.5. The van der Waals surface area contributed by atoms with Gasteiger partial charge in [0.05, 0.1) is 11.4 Å². The third kappa shape index (κ3) is 3.46. The Morgan fingerprint density at radius 3 is 2.71 bits per heavy atom. The molecule has 2 aromatic carbocycles. The summed E-state index contributed by atoms with van der Waals surface area (Å²) in [5.41, 5.74) is 2.83. The summed E-state index contributed by atoms with van der Waals surface area (Å²) in [6.45, 7) is 1.18. The van der Waals surface area contributed by atoms with Gasteiger partial charge in [-0.2, -0.15) is 0 Å². The van der Waals surface area contributed by atoms with Crippen molar-refractivity contribution in [1.29, 1.82) is 0 Å². The number of nitrogens with zero attached hydrogens (tertiary/aromatic N) is 1. The van der Waals surface area contributed by atoms with Crippen LogP contribution in [0.25, 0.3) is 0 Å². The SMILES string of the molecule is CC(=O)OCC1N=C(c2ccccc2)c2cc(Cl)ccc2NC1=O. The highest BCUT2D eigenvalue weighted by Crippen LogP contribution is 2.27. The number of amides is 1. The fraction of sp³-hybridized carbons (Fsp3) is 0.167. The lowest BCUT2D eigenvalue weighted by Crippen LogP contribution is -2.30. The maximum Gasteiger partial charge on any atom is 0.302 e. The monoisotopic (exact) mass is 342 g/mol. The molecule has 2 aromatic rings. The van der Waals surface area contributed by atoms with Crippen molar-refractivity contribution in [3.8, 4) is 0 Å². The Morgan fingerprint density at radius 2 is 2.00 bits per heavy atom. The minimum absolute atomic E-state index is 0.112. The molecule has 1 atom stereocenters. The van der Waals surface area contributed by atoms with E-state index in [9.17, 15) is 9.59 Å². The number of aliphatic imine (C=N–C) groups is 1. The fourth-order valence-corrected chi connectivity index (χ4v) is 2.63. The summed E-state index contributed by atoms with van der Waals surface area (Å²) in [6, 6.07) is 13.9. The highest BCUT2D eigenvalue weighted by atomic mass is 35.5. The number of hydrogen-bond acceptors (Lipinski definition) is 4. The van der Waals surface area contributed by atoms with E-state index in [2.05, 4.69) is 10.3 Å². The van der Waals surface area contributed by atoms with Crippen LogP contribution in [0.3, 0.4) is 0 Å². The average molecular weight is 343 g/mol. The van der Waals surface area contributed by atoms with E-state index in [1.54, 1.807) is 18.2 Å². The molecule has 3 rings (SSSR count). The summed E-state index contributed by atoms with van der Waals surface area (Å²) in [4.78, 5) is 28.0. The molecule has 0 bridgehead atoms. The van der Waals surface area contributed by atoms with E-state index in [0.29, 0.717) is 16.4 Å². The Kier molecular flexibility index (Phi) is 4.62. The molecule has 0 saturated carbocycles. The van der Waals surface area contributed by atoms with E-state index in [4.69, 9.17) is 16.3 Å². The van der Waals surface area contributed by atoms with Gasteiger partial charge in [-0.15, -0.1) is 0 Å². The minimum Gasteiger partial charge on any atom is -0.463 e. The lowest BCUT2D eigenvalue weighted by atomic mass is 10.0. The van der Waals surface area contributed by atoms with Crippen molar-refractivity contribution >= 4 is 34.9 Å². The van der Waals surface area contributed by atoms with Crippen LogP contribution in [0, 0.1) is 0 Å².